The number of rotatable bonds is 4. The molecule has 1 aromatic rings. The van der Waals surface area contributed by atoms with E-state index in [-0.39, 0.29) is 5.88 Å². The lowest BCUT2D eigenvalue weighted by atomic mass is 10.2. The fraction of sp³-hybridized carbons (Fsp3) is 0.333. The van der Waals surface area contributed by atoms with Crippen LogP contribution < -0.4 is 5.32 Å². The number of nitrogens with one attached hydrogen (secondary N) is 1. The Balaban J connectivity index is 2.77. The molecule has 14 heavy (non-hydrogen) atoms. The van der Waals surface area contributed by atoms with E-state index in [1.165, 1.54) is 6.07 Å². The number of hydrogen-bond donors (Lipinski definition) is 1. The second-order valence-corrected chi connectivity index (χ2v) is 2.95. The maximum atomic E-state index is 10.3. The summed E-state index contributed by atoms with van der Waals surface area (Å²) in [4.78, 5) is 9.75. The fourth-order valence-corrected chi connectivity index (χ4v) is 1.09. The van der Waals surface area contributed by atoms with Gasteiger partial charge in [-0.15, -0.1) is 0 Å². The van der Waals surface area contributed by atoms with Crippen molar-refractivity contribution in [3.8, 4) is 0 Å². The highest BCUT2D eigenvalue weighted by molar-refractivity contribution is 5.48. The molecular weight excluding hydrogens is 184 g/mol. The van der Waals surface area contributed by atoms with Crippen molar-refractivity contribution in [1.82, 2.24) is 5.32 Å². The molecule has 1 aromatic heterocycles. The first-order valence-corrected chi connectivity index (χ1v) is 4.19. The Morgan fingerprint density at radius 1 is 1.71 bits per heavy atom. The fourth-order valence-electron chi connectivity index (χ4n) is 1.09. The molecule has 0 aromatic carbocycles. The maximum Gasteiger partial charge on any atom is 0.433 e. The van der Waals surface area contributed by atoms with Crippen LogP contribution in [-0.4, -0.2) is 18.5 Å². The Morgan fingerprint density at radius 3 is 2.93 bits per heavy atom. The number of furan rings is 1. The summed E-state index contributed by atoms with van der Waals surface area (Å²) < 4.78 is 4.96. The van der Waals surface area contributed by atoms with E-state index >= 15 is 0 Å². The molecule has 0 aliphatic heterocycles. The zero-order chi connectivity index (χ0) is 10.6. The molecule has 0 fully saturated rings. The van der Waals surface area contributed by atoms with Gasteiger partial charge in [0.15, 0.2) is 0 Å². The molecule has 0 aliphatic rings. The Bertz CT molecular complexity index is 355. The second-order valence-electron chi connectivity index (χ2n) is 2.95. The number of likely N-dealkylation sites (N-methyl/N-ethyl adjacent to an activating group) is 1. The van der Waals surface area contributed by atoms with Crippen molar-refractivity contribution in [3.05, 3.63) is 33.6 Å². The van der Waals surface area contributed by atoms with E-state index in [4.69, 9.17) is 4.42 Å². The summed E-state index contributed by atoms with van der Waals surface area (Å²) in [5.74, 6) is 0.276. The highest BCUT2D eigenvalue weighted by Gasteiger charge is 2.09. The van der Waals surface area contributed by atoms with E-state index in [1.807, 2.05) is 14.0 Å². The van der Waals surface area contributed by atoms with Gasteiger partial charge in [0.2, 0.25) is 0 Å². The first-order chi connectivity index (χ1) is 6.63. The molecule has 0 saturated heterocycles. The zero-order valence-corrected chi connectivity index (χ0v) is 8.11. The summed E-state index contributed by atoms with van der Waals surface area (Å²) in [6.45, 7) is 2.65. The Labute approximate surface area is 81.6 Å². The van der Waals surface area contributed by atoms with Crippen LogP contribution in [0.2, 0.25) is 0 Å². The van der Waals surface area contributed by atoms with Gasteiger partial charge in [-0.25, -0.2) is 0 Å². The van der Waals surface area contributed by atoms with Crippen LogP contribution in [0.4, 0.5) is 5.88 Å². The molecule has 0 atom stereocenters. The van der Waals surface area contributed by atoms with Gasteiger partial charge in [-0.05, 0) is 26.1 Å². The molecule has 1 N–H and O–H groups in total. The molecule has 5 heteroatoms. The van der Waals surface area contributed by atoms with Crippen molar-refractivity contribution in [2.75, 3.05) is 13.6 Å². The first kappa shape index (κ1) is 10.5. The third-order valence-electron chi connectivity index (χ3n) is 1.64. The van der Waals surface area contributed by atoms with Crippen molar-refractivity contribution >= 4 is 12.0 Å². The third-order valence-corrected chi connectivity index (χ3v) is 1.64. The van der Waals surface area contributed by atoms with Gasteiger partial charge in [0.05, 0.1) is 6.07 Å². The van der Waals surface area contributed by atoms with Crippen LogP contribution in [0.5, 0.6) is 0 Å². The summed E-state index contributed by atoms with van der Waals surface area (Å²) in [6, 6.07) is 2.93. The van der Waals surface area contributed by atoms with E-state index in [1.54, 1.807) is 12.1 Å². The molecule has 0 saturated carbocycles. The minimum atomic E-state index is -0.551. The summed E-state index contributed by atoms with van der Waals surface area (Å²) >= 11 is 0. The van der Waals surface area contributed by atoms with Gasteiger partial charge in [0.1, 0.15) is 10.7 Å². The van der Waals surface area contributed by atoms with E-state index in [2.05, 4.69) is 5.32 Å². The van der Waals surface area contributed by atoms with Crippen LogP contribution in [-0.2, 0) is 0 Å². The number of hydrogen-bond acceptors (Lipinski definition) is 4. The number of nitrogens with zero attached hydrogens (tertiary/aromatic N) is 1. The van der Waals surface area contributed by atoms with Crippen LogP contribution in [0.3, 0.4) is 0 Å². The summed E-state index contributed by atoms with van der Waals surface area (Å²) in [6.07, 6.45) is 1.77. The van der Waals surface area contributed by atoms with Crippen LogP contribution in [0.1, 0.15) is 12.7 Å². The lowest BCUT2D eigenvalue weighted by Crippen LogP contribution is -2.08. The van der Waals surface area contributed by atoms with E-state index < -0.39 is 4.92 Å². The van der Waals surface area contributed by atoms with Crippen molar-refractivity contribution in [1.29, 1.82) is 0 Å². The van der Waals surface area contributed by atoms with Crippen molar-refractivity contribution in [2.24, 2.45) is 0 Å². The first-order valence-electron chi connectivity index (χ1n) is 4.19. The summed E-state index contributed by atoms with van der Waals surface area (Å²) in [5, 5.41) is 13.3. The largest absolute Gasteiger partial charge is 0.433 e. The molecular formula is C9H12N2O3. The zero-order valence-electron chi connectivity index (χ0n) is 8.11. The Hall–Kier alpha value is -1.62. The molecule has 1 rings (SSSR count). The minimum Gasteiger partial charge on any atom is -0.401 e. The third kappa shape index (κ3) is 2.70. The predicted octanol–water partition coefficient (Wildman–Crippen LogP) is 1.81. The average molecular weight is 196 g/mol. The summed E-state index contributed by atoms with van der Waals surface area (Å²) in [5.41, 5.74) is 1.05. The summed E-state index contributed by atoms with van der Waals surface area (Å²) in [7, 11) is 1.84. The molecule has 1 heterocycles. The van der Waals surface area contributed by atoms with Crippen LogP contribution in [0.25, 0.3) is 6.08 Å². The highest BCUT2D eigenvalue weighted by atomic mass is 16.6. The van der Waals surface area contributed by atoms with E-state index in [0.29, 0.717) is 5.76 Å². The van der Waals surface area contributed by atoms with Crippen LogP contribution in [0.15, 0.2) is 22.1 Å². The molecule has 0 aliphatic carbocycles. The molecule has 0 spiro atoms. The quantitative estimate of drug-likeness (QED) is 0.589. The molecule has 0 bridgehead atoms. The average Bonchev–Trinajstić information content (AvgIpc) is 2.53. The molecule has 0 radical (unpaired) electrons. The van der Waals surface area contributed by atoms with Crippen molar-refractivity contribution in [3.63, 3.8) is 0 Å². The van der Waals surface area contributed by atoms with E-state index in [0.717, 1.165) is 12.1 Å². The molecule has 0 unspecified atom stereocenters. The SMILES string of the molecule is CNCC(C)=Cc1ccc([N+](=O)[O-])o1. The van der Waals surface area contributed by atoms with Gasteiger partial charge in [-0.1, -0.05) is 5.57 Å². The lowest BCUT2D eigenvalue weighted by molar-refractivity contribution is -0.402. The monoisotopic (exact) mass is 196 g/mol. The normalized spacial score (nSPS) is 11.7. The molecule has 0 amide bonds. The van der Waals surface area contributed by atoms with Gasteiger partial charge >= 0.3 is 5.88 Å². The topological polar surface area (TPSA) is 68.3 Å². The van der Waals surface area contributed by atoms with Crippen LogP contribution in [0, 0.1) is 10.1 Å². The second kappa shape index (κ2) is 4.57. The van der Waals surface area contributed by atoms with Crippen molar-refractivity contribution in [2.45, 2.75) is 6.92 Å². The standard InChI is InChI=1S/C9H12N2O3/c1-7(6-10-2)5-8-3-4-9(14-8)11(12)13/h3-5,10H,6H2,1-2H3. The number of nitro groups is 1. The van der Waals surface area contributed by atoms with Gasteiger partial charge in [-0.2, -0.15) is 0 Å². The minimum absolute atomic E-state index is 0.228. The van der Waals surface area contributed by atoms with Gasteiger partial charge < -0.3 is 9.73 Å². The van der Waals surface area contributed by atoms with Gasteiger partial charge in [-0.3, -0.25) is 10.1 Å². The predicted molar refractivity (Wildman–Crippen MR) is 52.9 cm³/mol. The van der Waals surface area contributed by atoms with E-state index in [9.17, 15) is 10.1 Å². The smallest absolute Gasteiger partial charge is 0.401 e. The van der Waals surface area contributed by atoms with Gasteiger partial charge in [0.25, 0.3) is 0 Å². The Morgan fingerprint density at radius 2 is 2.43 bits per heavy atom. The lowest BCUT2D eigenvalue weighted by Gasteiger charge is -1.96. The van der Waals surface area contributed by atoms with Crippen LogP contribution >= 0.6 is 0 Å². The molecule has 5 nitrogen and oxygen atoms in total. The molecule has 76 valence electrons. The highest BCUT2D eigenvalue weighted by Crippen LogP contribution is 2.17. The van der Waals surface area contributed by atoms with Gasteiger partial charge in [0, 0.05) is 6.54 Å². The van der Waals surface area contributed by atoms with Crippen molar-refractivity contribution < 1.29 is 9.34 Å². The Kier molecular flexibility index (Phi) is 3.41. The maximum absolute atomic E-state index is 10.3.